The maximum Gasteiger partial charge on any atom is 0.0320 e. The lowest BCUT2D eigenvalue weighted by molar-refractivity contribution is 0.165. The summed E-state index contributed by atoms with van der Waals surface area (Å²) in [6, 6.07) is 9.79. The Morgan fingerprint density at radius 3 is 2.89 bits per heavy atom. The second-order valence-electron chi connectivity index (χ2n) is 5.82. The Hall–Kier alpha value is -0.380. The molecule has 0 bridgehead atoms. The fraction of sp³-hybridized carbons (Fsp3) is 0.625. The van der Waals surface area contributed by atoms with Gasteiger partial charge in [-0.25, -0.2) is 0 Å². The molecule has 0 spiro atoms. The van der Waals surface area contributed by atoms with E-state index in [-0.39, 0.29) is 0 Å². The fourth-order valence-corrected chi connectivity index (χ4v) is 3.45. The first-order valence-electron chi connectivity index (χ1n) is 7.30. The van der Waals surface area contributed by atoms with E-state index in [0.717, 1.165) is 12.3 Å². The van der Waals surface area contributed by atoms with E-state index < -0.39 is 0 Å². The molecule has 3 heteroatoms. The smallest absolute Gasteiger partial charge is 0.0320 e. The van der Waals surface area contributed by atoms with Gasteiger partial charge < -0.3 is 10.2 Å². The number of piperidine rings is 1. The summed E-state index contributed by atoms with van der Waals surface area (Å²) >= 11 is 3.57. The van der Waals surface area contributed by atoms with Crippen LogP contribution in [0.4, 0.5) is 0 Å². The number of nitrogens with zero attached hydrogens (tertiary/aromatic N) is 1. The van der Waals surface area contributed by atoms with Gasteiger partial charge in [-0.3, -0.25) is 0 Å². The van der Waals surface area contributed by atoms with E-state index in [9.17, 15) is 0 Å². The number of nitrogens with one attached hydrogen (secondary N) is 1. The van der Waals surface area contributed by atoms with Crippen LogP contribution >= 0.6 is 15.9 Å². The van der Waals surface area contributed by atoms with Gasteiger partial charge in [-0.05, 0) is 50.0 Å². The van der Waals surface area contributed by atoms with Gasteiger partial charge in [-0.15, -0.1) is 0 Å². The average molecular weight is 325 g/mol. The van der Waals surface area contributed by atoms with E-state index in [0.29, 0.717) is 12.1 Å². The Kier molecular flexibility index (Phi) is 5.43. The number of likely N-dealkylation sites (tertiary alicyclic amines) is 1. The lowest BCUT2D eigenvalue weighted by Gasteiger charge is -2.37. The highest BCUT2D eigenvalue weighted by molar-refractivity contribution is 9.10. The van der Waals surface area contributed by atoms with Crippen LogP contribution in [-0.2, 0) is 0 Å². The summed E-state index contributed by atoms with van der Waals surface area (Å²) in [5.41, 5.74) is 1.39. The van der Waals surface area contributed by atoms with Crippen molar-refractivity contribution in [3.05, 3.63) is 34.3 Å². The number of rotatable bonds is 4. The molecule has 0 saturated carbocycles. The van der Waals surface area contributed by atoms with E-state index in [4.69, 9.17) is 0 Å². The molecule has 1 fully saturated rings. The number of hydrogen-bond donors (Lipinski definition) is 1. The Morgan fingerprint density at radius 1 is 1.47 bits per heavy atom. The average Bonchev–Trinajstić information content (AvgIpc) is 2.38. The molecule has 0 aromatic heterocycles. The number of benzene rings is 1. The van der Waals surface area contributed by atoms with E-state index in [1.54, 1.807) is 0 Å². The first kappa shape index (κ1) is 15.0. The normalized spacial score (nSPS) is 26.3. The van der Waals surface area contributed by atoms with Gasteiger partial charge in [0.2, 0.25) is 0 Å². The largest absolute Gasteiger partial charge is 0.307 e. The lowest BCUT2D eigenvalue weighted by Crippen LogP contribution is -2.47. The molecule has 2 nitrogen and oxygen atoms in total. The minimum atomic E-state index is 0.466. The number of hydrogen-bond acceptors (Lipinski definition) is 2. The molecule has 1 aromatic rings. The molecule has 19 heavy (non-hydrogen) atoms. The minimum absolute atomic E-state index is 0.466. The summed E-state index contributed by atoms with van der Waals surface area (Å²) in [5.74, 6) is 0.722. The maximum absolute atomic E-state index is 3.87. The van der Waals surface area contributed by atoms with E-state index in [1.807, 2.05) is 0 Å². The third-order valence-electron chi connectivity index (χ3n) is 4.18. The Labute approximate surface area is 125 Å². The summed E-state index contributed by atoms with van der Waals surface area (Å²) in [5, 5.41) is 3.87. The van der Waals surface area contributed by atoms with Crippen molar-refractivity contribution in [1.29, 1.82) is 0 Å². The predicted molar refractivity (Wildman–Crippen MR) is 85.4 cm³/mol. The molecule has 1 aliphatic rings. The van der Waals surface area contributed by atoms with Gasteiger partial charge in [0.25, 0.3) is 0 Å². The zero-order valence-electron chi connectivity index (χ0n) is 12.2. The molecule has 0 amide bonds. The molecule has 1 N–H and O–H groups in total. The molecule has 106 valence electrons. The van der Waals surface area contributed by atoms with Gasteiger partial charge in [0.05, 0.1) is 0 Å². The van der Waals surface area contributed by atoms with Crippen LogP contribution in [0.25, 0.3) is 0 Å². The van der Waals surface area contributed by atoms with E-state index >= 15 is 0 Å². The molecular formula is C16H25BrN2. The number of halogens is 1. The van der Waals surface area contributed by atoms with Crippen LogP contribution in [0.15, 0.2) is 28.7 Å². The Morgan fingerprint density at radius 2 is 2.26 bits per heavy atom. The predicted octanol–water partition coefficient (Wildman–Crippen LogP) is 3.83. The quantitative estimate of drug-likeness (QED) is 0.905. The highest BCUT2D eigenvalue weighted by atomic mass is 79.9. The van der Waals surface area contributed by atoms with Crippen LogP contribution in [0, 0.1) is 5.92 Å². The van der Waals surface area contributed by atoms with Crippen LogP contribution in [0.1, 0.15) is 38.3 Å². The maximum atomic E-state index is 3.87. The molecule has 1 aromatic carbocycles. The fourth-order valence-electron chi connectivity index (χ4n) is 3.03. The monoisotopic (exact) mass is 324 g/mol. The first-order chi connectivity index (χ1) is 9.10. The highest BCUT2D eigenvalue weighted by Crippen LogP contribution is 2.24. The Bertz CT molecular complexity index is 407. The van der Waals surface area contributed by atoms with E-state index in [2.05, 4.69) is 71.3 Å². The summed E-state index contributed by atoms with van der Waals surface area (Å²) < 4.78 is 1.17. The second kappa shape index (κ2) is 6.87. The van der Waals surface area contributed by atoms with Gasteiger partial charge in [-0.1, -0.05) is 41.9 Å². The molecule has 1 aliphatic heterocycles. The van der Waals surface area contributed by atoms with Crippen molar-refractivity contribution in [1.82, 2.24) is 10.2 Å². The molecule has 2 rings (SSSR count). The van der Waals surface area contributed by atoms with E-state index in [1.165, 1.54) is 29.5 Å². The summed E-state index contributed by atoms with van der Waals surface area (Å²) in [6.07, 6.45) is 2.39. The Balaban J connectivity index is 2.03. The van der Waals surface area contributed by atoms with Gasteiger partial charge >= 0.3 is 0 Å². The first-order valence-corrected chi connectivity index (χ1v) is 8.09. The van der Waals surface area contributed by atoms with Crippen molar-refractivity contribution in [2.24, 2.45) is 5.92 Å². The highest BCUT2D eigenvalue weighted by Gasteiger charge is 2.26. The van der Waals surface area contributed by atoms with Crippen LogP contribution in [-0.4, -0.2) is 31.1 Å². The van der Waals surface area contributed by atoms with Crippen LogP contribution in [0.3, 0.4) is 0 Å². The zero-order chi connectivity index (χ0) is 13.8. The lowest BCUT2D eigenvalue weighted by atomic mass is 9.92. The summed E-state index contributed by atoms with van der Waals surface area (Å²) in [7, 11) is 2.22. The van der Waals surface area contributed by atoms with Crippen LogP contribution in [0.2, 0.25) is 0 Å². The molecule has 0 radical (unpaired) electrons. The van der Waals surface area contributed by atoms with Crippen molar-refractivity contribution in [3.63, 3.8) is 0 Å². The SMILES string of the molecule is CCC(NC1CCN(C)CC1C)c1cccc(Br)c1. The molecule has 3 atom stereocenters. The van der Waals surface area contributed by atoms with Gasteiger partial charge in [-0.2, -0.15) is 0 Å². The van der Waals surface area contributed by atoms with Crippen molar-refractivity contribution >= 4 is 15.9 Å². The second-order valence-corrected chi connectivity index (χ2v) is 6.73. The summed E-state index contributed by atoms with van der Waals surface area (Å²) in [6.45, 7) is 7.03. The third-order valence-corrected chi connectivity index (χ3v) is 4.68. The minimum Gasteiger partial charge on any atom is -0.307 e. The van der Waals surface area contributed by atoms with Gasteiger partial charge in [0.15, 0.2) is 0 Å². The molecule has 1 heterocycles. The topological polar surface area (TPSA) is 15.3 Å². The standard InChI is InChI=1S/C16H25BrN2/c1-4-15(13-6-5-7-14(17)10-13)18-16-8-9-19(3)11-12(16)2/h5-7,10,12,15-16,18H,4,8-9,11H2,1-3H3. The zero-order valence-corrected chi connectivity index (χ0v) is 13.8. The van der Waals surface area contributed by atoms with Gasteiger partial charge in [0.1, 0.15) is 0 Å². The molecule has 1 saturated heterocycles. The van der Waals surface area contributed by atoms with Gasteiger partial charge in [0, 0.05) is 23.1 Å². The summed E-state index contributed by atoms with van der Waals surface area (Å²) in [4.78, 5) is 2.43. The van der Waals surface area contributed by atoms with Crippen LogP contribution in [0.5, 0.6) is 0 Å². The molecular weight excluding hydrogens is 300 g/mol. The van der Waals surface area contributed by atoms with Crippen LogP contribution < -0.4 is 5.32 Å². The molecule has 0 aliphatic carbocycles. The van der Waals surface area contributed by atoms with Crippen molar-refractivity contribution in [2.75, 3.05) is 20.1 Å². The van der Waals surface area contributed by atoms with Crippen molar-refractivity contribution in [2.45, 2.75) is 38.8 Å². The van der Waals surface area contributed by atoms with Crippen molar-refractivity contribution < 1.29 is 0 Å². The van der Waals surface area contributed by atoms with Crippen molar-refractivity contribution in [3.8, 4) is 0 Å². The molecule has 3 unspecified atom stereocenters. The third kappa shape index (κ3) is 4.04.